The number of nitrogens with zero attached hydrogens (tertiary/aromatic N) is 3. The Labute approximate surface area is 191 Å². The minimum Gasteiger partial charge on any atom is -0.359 e. The number of rotatable bonds is 4. The molecule has 178 valence electrons. The van der Waals surface area contributed by atoms with E-state index in [2.05, 4.69) is 5.32 Å². The van der Waals surface area contributed by atoms with E-state index >= 15 is 0 Å². The van der Waals surface area contributed by atoms with Crippen LogP contribution in [0, 0.1) is 22.7 Å². The fraction of sp³-hybridized carbons (Fsp3) is 0.625. The number of nitriles is 1. The van der Waals surface area contributed by atoms with Crippen LogP contribution in [0.25, 0.3) is 0 Å². The van der Waals surface area contributed by atoms with E-state index in [9.17, 15) is 22.8 Å². The van der Waals surface area contributed by atoms with Crippen LogP contribution < -0.4 is 10.2 Å². The predicted molar refractivity (Wildman–Crippen MR) is 116 cm³/mol. The molecule has 1 saturated carbocycles. The predicted octanol–water partition coefficient (Wildman–Crippen LogP) is 3.70. The average Bonchev–Trinajstić information content (AvgIpc) is 3.51. The highest BCUT2D eigenvalue weighted by atomic mass is 19.4. The molecule has 2 heterocycles. The summed E-state index contributed by atoms with van der Waals surface area (Å²) in [4.78, 5) is 29.1. The van der Waals surface area contributed by atoms with Crippen molar-refractivity contribution >= 4 is 17.5 Å². The van der Waals surface area contributed by atoms with E-state index in [-0.39, 0.29) is 29.2 Å². The molecular weight excluding hydrogens is 433 g/mol. The van der Waals surface area contributed by atoms with Crippen molar-refractivity contribution in [3.63, 3.8) is 0 Å². The number of nitrogens with one attached hydrogen (secondary N) is 1. The molecule has 2 amide bonds. The van der Waals surface area contributed by atoms with Crippen LogP contribution in [0.3, 0.4) is 0 Å². The minimum absolute atomic E-state index is 0.0874. The number of piperidine rings is 1. The van der Waals surface area contributed by atoms with Gasteiger partial charge in [-0.05, 0) is 55.7 Å². The molecule has 6 nitrogen and oxygen atoms in total. The zero-order valence-corrected chi connectivity index (χ0v) is 18.9. The fourth-order valence-electron chi connectivity index (χ4n) is 5.06. The first-order valence-corrected chi connectivity index (χ1v) is 11.5. The Morgan fingerprint density at radius 1 is 1.21 bits per heavy atom. The van der Waals surface area contributed by atoms with E-state index in [1.54, 1.807) is 11.0 Å². The first-order chi connectivity index (χ1) is 15.5. The van der Waals surface area contributed by atoms with E-state index in [0.717, 1.165) is 18.9 Å². The SMILES string of the molecule is CC(C)C(=O)N1CCC2(CC1)CC(C(=O)NC1CC1)N(c1ccc(C#N)c(C(F)(F)F)c1)C2. The van der Waals surface area contributed by atoms with E-state index < -0.39 is 23.3 Å². The van der Waals surface area contributed by atoms with Crippen molar-refractivity contribution in [1.82, 2.24) is 10.2 Å². The number of likely N-dealkylation sites (tertiary alicyclic amines) is 1. The van der Waals surface area contributed by atoms with Gasteiger partial charge in [0.1, 0.15) is 6.04 Å². The Kier molecular flexibility index (Phi) is 6.06. The van der Waals surface area contributed by atoms with E-state index in [0.29, 0.717) is 44.6 Å². The van der Waals surface area contributed by atoms with Crippen LogP contribution in [0.15, 0.2) is 18.2 Å². The Bertz CT molecular complexity index is 973. The second kappa shape index (κ2) is 8.54. The maximum absolute atomic E-state index is 13.6. The van der Waals surface area contributed by atoms with Gasteiger partial charge in [0.15, 0.2) is 0 Å². The van der Waals surface area contributed by atoms with Crippen molar-refractivity contribution in [3.8, 4) is 6.07 Å². The Hall–Kier alpha value is -2.76. The molecule has 0 bridgehead atoms. The van der Waals surface area contributed by atoms with Gasteiger partial charge >= 0.3 is 6.18 Å². The highest BCUT2D eigenvalue weighted by Crippen LogP contribution is 2.46. The first-order valence-electron chi connectivity index (χ1n) is 11.5. The third-order valence-electron chi connectivity index (χ3n) is 7.13. The lowest BCUT2D eigenvalue weighted by molar-refractivity contribution is -0.138. The molecule has 1 atom stereocenters. The van der Waals surface area contributed by atoms with Gasteiger partial charge in [-0.1, -0.05) is 13.8 Å². The molecule has 1 aromatic rings. The second-order valence-corrected chi connectivity index (χ2v) is 9.95. The van der Waals surface area contributed by atoms with Crippen molar-refractivity contribution in [3.05, 3.63) is 29.3 Å². The number of benzene rings is 1. The van der Waals surface area contributed by atoms with Crippen molar-refractivity contribution < 1.29 is 22.8 Å². The third-order valence-corrected chi connectivity index (χ3v) is 7.13. The van der Waals surface area contributed by atoms with E-state index in [1.165, 1.54) is 12.1 Å². The van der Waals surface area contributed by atoms with Crippen molar-refractivity contribution in [2.75, 3.05) is 24.5 Å². The van der Waals surface area contributed by atoms with Gasteiger partial charge in [0.05, 0.1) is 17.2 Å². The van der Waals surface area contributed by atoms with Gasteiger partial charge in [0.2, 0.25) is 11.8 Å². The molecule has 2 aliphatic heterocycles. The summed E-state index contributed by atoms with van der Waals surface area (Å²) in [5.74, 6) is -0.145. The van der Waals surface area contributed by atoms with Crippen molar-refractivity contribution in [2.45, 2.75) is 64.2 Å². The summed E-state index contributed by atoms with van der Waals surface area (Å²) in [5.41, 5.74) is -1.36. The standard InChI is InChI=1S/C24H29F3N4O2/c1-15(2)22(33)30-9-7-23(8-10-30)12-20(21(32)29-17-4-5-17)31(14-23)18-6-3-16(13-28)19(11-18)24(25,26)27/h3,6,11,15,17,20H,4-5,7-10,12,14H2,1-2H3,(H,29,32). The molecule has 2 saturated heterocycles. The summed E-state index contributed by atoms with van der Waals surface area (Å²) in [5, 5.41) is 12.1. The molecule has 1 N–H and O–H groups in total. The van der Waals surface area contributed by atoms with Gasteiger partial charge in [-0.2, -0.15) is 18.4 Å². The number of hydrogen-bond acceptors (Lipinski definition) is 4. The zero-order chi connectivity index (χ0) is 24.0. The number of anilines is 1. The minimum atomic E-state index is -4.66. The van der Waals surface area contributed by atoms with Gasteiger partial charge in [0, 0.05) is 37.3 Å². The van der Waals surface area contributed by atoms with Crippen LogP contribution in [0.5, 0.6) is 0 Å². The van der Waals surface area contributed by atoms with E-state index in [4.69, 9.17) is 5.26 Å². The summed E-state index contributed by atoms with van der Waals surface area (Å²) in [7, 11) is 0. The van der Waals surface area contributed by atoms with Crippen molar-refractivity contribution in [2.24, 2.45) is 11.3 Å². The Morgan fingerprint density at radius 3 is 2.42 bits per heavy atom. The third kappa shape index (κ3) is 4.80. The van der Waals surface area contributed by atoms with Gasteiger partial charge in [-0.3, -0.25) is 9.59 Å². The second-order valence-electron chi connectivity index (χ2n) is 9.95. The average molecular weight is 463 g/mol. The maximum atomic E-state index is 13.6. The summed E-state index contributed by atoms with van der Waals surface area (Å²) < 4.78 is 40.8. The molecule has 0 radical (unpaired) electrons. The van der Waals surface area contributed by atoms with Crippen LogP contribution in [0.2, 0.25) is 0 Å². The maximum Gasteiger partial charge on any atom is 0.417 e. The molecular formula is C24H29F3N4O2. The Morgan fingerprint density at radius 2 is 1.88 bits per heavy atom. The number of halogens is 3. The molecule has 0 aromatic heterocycles. The molecule has 1 aromatic carbocycles. The van der Waals surface area contributed by atoms with E-state index in [1.807, 2.05) is 18.7 Å². The van der Waals surface area contributed by atoms with Crippen LogP contribution in [0.4, 0.5) is 18.9 Å². The van der Waals surface area contributed by atoms with Gasteiger partial charge in [0.25, 0.3) is 0 Å². The highest BCUT2D eigenvalue weighted by Gasteiger charge is 2.49. The van der Waals surface area contributed by atoms with Crippen LogP contribution in [-0.2, 0) is 15.8 Å². The largest absolute Gasteiger partial charge is 0.417 e. The highest BCUT2D eigenvalue weighted by molar-refractivity contribution is 5.87. The molecule has 3 fully saturated rings. The molecule has 33 heavy (non-hydrogen) atoms. The Balaban J connectivity index is 1.61. The normalized spacial score (nSPS) is 22.5. The summed E-state index contributed by atoms with van der Waals surface area (Å²) >= 11 is 0. The molecule has 1 aliphatic carbocycles. The fourth-order valence-corrected chi connectivity index (χ4v) is 5.06. The van der Waals surface area contributed by atoms with Gasteiger partial charge in [-0.25, -0.2) is 0 Å². The number of hydrogen-bond donors (Lipinski definition) is 1. The van der Waals surface area contributed by atoms with Crippen LogP contribution in [-0.4, -0.2) is 48.4 Å². The monoisotopic (exact) mass is 462 g/mol. The smallest absolute Gasteiger partial charge is 0.359 e. The number of amides is 2. The van der Waals surface area contributed by atoms with Gasteiger partial charge in [-0.15, -0.1) is 0 Å². The molecule has 3 aliphatic rings. The van der Waals surface area contributed by atoms with Crippen LogP contribution >= 0.6 is 0 Å². The lowest BCUT2D eigenvalue weighted by Gasteiger charge is -2.40. The molecule has 1 spiro atoms. The zero-order valence-electron chi connectivity index (χ0n) is 18.9. The number of alkyl halides is 3. The lowest BCUT2D eigenvalue weighted by atomic mass is 9.76. The lowest BCUT2D eigenvalue weighted by Crippen LogP contribution is -2.45. The molecule has 1 unspecified atom stereocenters. The quantitative estimate of drug-likeness (QED) is 0.740. The summed E-state index contributed by atoms with van der Waals surface area (Å²) in [6.45, 7) is 5.35. The van der Waals surface area contributed by atoms with Crippen molar-refractivity contribution in [1.29, 1.82) is 5.26 Å². The first kappa shape index (κ1) is 23.4. The van der Waals surface area contributed by atoms with Gasteiger partial charge < -0.3 is 15.1 Å². The number of carbonyl (C=O) groups excluding carboxylic acids is 2. The summed E-state index contributed by atoms with van der Waals surface area (Å²) in [6, 6.07) is 4.86. The molecule has 4 rings (SSSR count). The van der Waals surface area contributed by atoms with Crippen LogP contribution in [0.1, 0.15) is 57.1 Å². The molecule has 9 heteroatoms. The summed E-state index contributed by atoms with van der Waals surface area (Å²) in [6.07, 6.45) is -0.867. The topological polar surface area (TPSA) is 76.4 Å². The number of carbonyl (C=O) groups is 2.